The molecule has 0 saturated carbocycles. The number of hydrogen-bond donors (Lipinski definition) is 0. The van der Waals surface area contributed by atoms with Crippen molar-refractivity contribution in [3.05, 3.63) is 102 Å². The van der Waals surface area contributed by atoms with Gasteiger partial charge in [0.1, 0.15) is 30.2 Å². The second-order valence-electron chi connectivity index (χ2n) is 8.52. The summed E-state index contributed by atoms with van der Waals surface area (Å²) in [6, 6.07) is 28.1. The van der Waals surface area contributed by atoms with Gasteiger partial charge in [0.05, 0.1) is 33.5 Å². The normalized spacial score (nSPS) is 25.9. The van der Waals surface area contributed by atoms with E-state index in [1.54, 1.807) is 7.11 Å². The molecular formula is C28H30O6. The van der Waals surface area contributed by atoms with E-state index in [1.165, 1.54) is 0 Å². The van der Waals surface area contributed by atoms with Crippen molar-refractivity contribution in [2.24, 2.45) is 0 Å². The van der Waals surface area contributed by atoms with Crippen molar-refractivity contribution >= 4 is 0 Å². The molecule has 0 spiro atoms. The van der Waals surface area contributed by atoms with Crippen molar-refractivity contribution in [2.75, 3.05) is 13.7 Å². The van der Waals surface area contributed by atoms with E-state index in [0.717, 1.165) is 22.4 Å². The SMILES string of the molecule is COc1ccc(CO[C@@H]2[C@H](OCc3ccccc3)[C@@H]3OC[C@@H](O3)[C@H]2OCc2ccccc2)cc1. The van der Waals surface area contributed by atoms with Gasteiger partial charge >= 0.3 is 0 Å². The first-order chi connectivity index (χ1) is 16.8. The van der Waals surface area contributed by atoms with Crippen molar-refractivity contribution in [2.45, 2.75) is 50.5 Å². The van der Waals surface area contributed by atoms with Crippen LogP contribution in [0.4, 0.5) is 0 Å². The summed E-state index contributed by atoms with van der Waals surface area (Å²) in [5, 5.41) is 0. The second-order valence-corrected chi connectivity index (χ2v) is 8.52. The van der Waals surface area contributed by atoms with Crippen LogP contribution in [-0.2, 0) is 43.5 Å². The summed E-state index contributed by atoms with van der Waals surface area (Å²) in [5.74, 6) is 0.814. The second kappa shape index (κ2) is 11.1. The molecule has 2 bridgehead atoms. The zero-order valence-corrected chi connectivity index (χ0v) is 19.2. The zero-order chi connectivity index (χ0) is 23.2. The van der Waals surface area contributed by atoms with Gasteiger partial charge in [0.25, 0.3) is 0 Å². The van der Waals surface area contributed by atoms with Crippen molar-refractivity contribution < 1.29 is 28.4 Å². The number of ether oxygens (including phenoxy) is 6. The van der Waals surface area contributed by atoms with E-state index in [9.17, 15) is 0 Å². The molecule has 2 aliphatic heterocycles. The highest BCUT2D eigenvalue weighted by Crippen LogP contribution is 2.35. The third kappa shape index (κ3) is 5.49. The lowest BCUT2D eigenvalue weighted by Crippen LogP contribution is -2.56. The lowest BCUT2D eigenvalue weighted by Gasteiger charge is -2.40. The highest BCUT2D eigenvalue weighted by atomic mass is 16.8. The number of rotatable bonds is 10. The van der Waals surface area contributed by atoms with Crippen LogP contribution in [0.15, 0.2) is 84.9 Å². The van der Waals surface area contributed by atoms with Crippen LogP contribution in [-0.4, -0.2) is 44.4 Å². The molecule has 0 amide bonds. The van der Waals surface area contributed by atoms with Gasteiger partial charge in [-0.1, -0.05) is 72.8 Å². The quantitative estimate of drug-likeness (QED) is 0.442. The predicted octanol–water partition coefficient (Wildman–Crippen LogP) is 4.51. The average Bonchev–Trinajstić information content (AvgIpc) is 3.33. The molecule has 0 aliphatic carbocycles. The minimum atomic E-state index is -0.480. The van der Waals surface area contributed by atoms with Crippen LogP contribution in [0.25, 0.3) is 0 Å². The lowest BCUT2D eigenvalue weighted by atomic mass is 10.00. The van der Waals surface area contributed by atoms with Gasteiger partial charge in [-0.15, -0.1) is 0 Å². The molecule has 178 valence electrons. The van der Waals surface area contributed by atoms with Gasteiger partial charge in [-0.25, -0.2) is 0 Å². The summed E-state index contributed by atoms with van der Waals surface area (Å²) in [7, 11) is 1.66. The molecule has 0 N–H and O–H groups in total. The van der Waals surface area contributed by atoms with Crippen LogP contribution in [0, 0.1) is 0 Å². The standard InChI is InChI=1S/C28H30O6/c1-29-23-14-12-22(13-15-23)18-31-26-25(30-16-20-8-4-2-5-9-20)24-19-33-28(34-24)27(26)32-17-21-10-6-3-7-11-21/h2-15,24-28H,16-19H2,1H3/t24-,25-,26+,27+,28-/m1/s1. The summed E-state index contributed by atoms with van der Waals surface area (Å²) in [6.07, 6.45) is -1.77. The molecule has 6 nitrogen and oxygen atoms in total. The number of benzene rings is 3. The van der Waals surface area contributed by atoms with Crippen molar-refractivity contribution in [1.29, 1.82) is 0 Å². The fourth-order valence-electron chi connectivity index (χ4n) is 4.35. The number of fused-ring (bicyclic) bond motifs is 2. The fraction of sp³-hybridized carbons (Fsp3) is 0.357. The highest BCUT2D eigenvalue weighted by molar-refractivity contribution is 5.26. The van der Waals surface area contributed by atoms with Gasteiger partial charge in [-0.3, -0.25) is 0 Å². The van der Waals surface area contributed by atoms with Gasteiger partial charge < -0.3 is 28.4 Å². The van der Waals surface area contributed by atoms with E-state index in [-0.39, 0.29) is 18.3 Å². The third-order valence-electron chi connectivity index (χ3n) is 6.19. The minimum Gasteiger partial charge on any atom is -0.497 e. The third-order valence-corrected chi connectivity index (χ3v) is 6.19. The molecule has 0 aromatic heterocycles. The number of hydrogen-bond acceptors (Lipinski definition) is 6. The molecule has 3 aromatic rings. The van der Waals surface area contributed by atoms with E-state index in [0.29, 0.717) is 26.4 Å². The maximum atomic E-state index is 6.47. The van der Waals surface area contributed by atoms with Crippen LogP contribution in [0.3, 0.4) is 0 Å². The molecule has 6 heteroatoms. The summed E-state index contributed by atoms with van der Waals surface area (Å²) in [5.41, 5.74) is 3.22. The maximum Gasteiger partial charge on any atom is 0.187 e. The van der Waals surface area contributed by atoms with Crippen LogP contribution in [0.5, 0.6) is 5.75 Å². The first-order valence-electron chi connectivity index (χ1n) is 11.6. The Hall–Kier alpha value is -2.74. The average molecular weight is 463 g/mol. The minimum absolute atomic E-state index is 0.203. The molecule has 3 aromatic carbocycles. The smallest absolute Gasteiger partial charge is 0.187 e. The maximum absolute atomic E-state index is 6.47. The Labute approximate surface area is 200 Å². The molecule has 34 heavy (non-hydrogen) atoms. The molecule has 2 fully saturated rings. The van der Waals surface area contributed by atoms with Crippen molar-refractivity contribution in [3.63, 3.8) is 0 Å². The predicted molar refractivity (Wildman–Crippen MR) is 126 cm³/mol. The topological polar surface area (TPSA) is 55.4 Å². The van der Waals surface area contributed by atoms with E-state index >= 15 is 0 Å². The highest BCUT2D eigenvalue weighted by Gasteiger charge is 2.52. The lowest BCUT2D eigenvalue weighted by molar-refractivity contribution is -0.268. The zero-order valence-electron chi connectivity index (χ0n) is 19.2. The Morgan fingerprint density at radius 2 is 1.18 bits per heavy atom. The molecule has 2 heterocycles. The van der Waals surface area contributed by atoms with Gasteiger partial charge in [-0.05, 0) is 28.8 Å². The Bertz CT molecular complexity index is 953. The molecule has 0 radical (unpaired) electrons. The Balaban J connectivity index is 1.33. The van der Waals surface area contributed by atoms with Gasteiger partial charge in [0.15, 0.2) is 6.29 Å². The molecule has 5 atom stereocenters. The Kier molecular flexibility index (Phi) is 7.53. The van der Waals surface area contributed by atoms with E-state index < -0.39 is 12.4 Å². The molecule has 0 unspecified atom stereocenters. The van der Waals surface area contributed by atoms with E-state index in [2.05, 4.69) is 0 Å². The summed E-state index contributed by atoms with van der Waals surface area (Å²) in [4.78, 5) is 0. The Morgan fingerprint density at radius 1 is 0.647 bits per heavy atom. The first kappa shape index (κ1) is 23.0. The Morgan fingerprint density at radius 3 is 1.76 bits per heavy atom. The monoisotopic (exact) mass is 462 g/mol. The molecular weight excluding hydrogens is 432 g/mol. The van der Waals surface area contributed by atoms with Crippen molar-refractivity contribution in [1.82, 2.24) is 0 Å². The van der Waals surface area contributed by atoms with E-state index in [1.807, 2.05) is 84.9 Å². The fourth-order valence-corrected chi connectivity index (χ4v) is 4.35. The summed E-state index contributed by atoms with van der Waals surface area (Å²) >= 11 is 0. The molecule has 2 aliphatic rings. The first-order valence-corrected chi connectivity index (χ1v) is 11.6. The van der Waals surface area contributed by atoms with Gasteiger partial charge in [0.2, 0.25) is 0 Å². The van der Waals surface area contributed by atoms with Crippen LogP contribution in [0.2, 0.25) is 0 Å². The van der Waals surface area contributed by atoms with Crippen LogP contribution in [0.1, 0.15) is 16.7 Å². The van der Waals surface area contributed by atoms with Gasteiger partial charge in [-0.2, -0.15) is 0 Å². The van der Waals surface area contributed by atoms with Crippen LogP contribution < -0.4 is 4.74 Å². The van der Waals surface area contributed by atoms with Gasteiger partial charge in [0, 0.05) is 0 Å². The van der Waals surface area contributed by atoms with Crippen LogP contribution >= 0.6 is 0 Å². The largest absolute Gasteiger partial charge is 0.497 e. The van der Waals surface area contributed by atoms with E-state index in [4.69, 9.17) is 28.4 Å². The van der Waals surface area contributed by atoms with Crippen molar-refractivity contribution in [3.8, 4) is 5.75 Å². The summed E-state index contributed by atoms with van der Waals surface area (Å²) < 4.78 is 36.6. The molecule has 2 saturated heterocycles. The summed E-state index contributed by atoms with van der Waals surface area (Å²) in [6.45, 7) is 1.78. The number of methoxy groups -OCH3 is 1. The molecule has 5 rings (SSSR count).